The summed E-state index contributed by atoms with van der Waals surface area (Å²) in [4.78, 5) is 28.3. The maximum Gasteiger partial charge on any atom is 0.351 e. The summed E-state index contributed by atoms with van der Waals surface area (Å²) in [6.07, 6.45) is -2.38. The van der Waals surface area contributed by atoms with Crippen LogP contribution in [-0.2, 0) is 4.74 Å². The van der Waals surface area contributed by atoms with Crippen molar-refractivity contribution in [3.05, 3.63) is 58.6 Å². The number of aliphatic hydroxyl groups excluding tert-OH is 3. The van der Waals surface area contributed by atoms with Crippen molar-refractivity contribution in [1.82, 2.24) is 9.55 Å². The first-order chi connectivity index (χ1) is 13.0. The maximum absolute atomic E-state index is 12.4. The predicted molar refractivity (Wildman–Crippen MR) is 95.1 cm³/mol. The molecule has 4 atom stereocenters. The van der Waals surface area contributed by atoms with Gasteiger partial charge in [0, 0.05) is 11.8 Å². The highest BCUT2D eigenvalue weighted by Crippen LogP contribution is 2.25. The molecule has 0 unspecified atom stereocenters. The molecule has 0 saturated carbocycles. The molecule has 9 heteroatoms. The summed E-state index contributed by atoms with van der Waals surface area (Å²) in [5.74, 6) is -0.366. The van der Waals surface area contributed by atoms with Crippen molar-refractivity contribution in [2.24, 2.45) is 0 Å². The SMILES string of the molecule is O=C(Nc1ccn([C@@H]2O[C@H](CO)CC[C@@H](O)[C@H]2O)c(=O)n1)c1ccccc1. The monoisotopic (exact) mass is 375 g/mol. The zero-order chi connectivity index (χ0) is 19.4. The number of nitrogens with zero attached hydrogens (tertiary/aromatic N) is 2. The lowest BCUT2D eigenvalue weighted by molar-refractivity contribution is -0.139. The van der Waals surface area contributed by atoms with Crippen molar-refractivity contribution in [2.75, 3.05) is 11.9 Å². The number of rotatable bonds is 4. The summed E-state index contributed by atoms with van der Waals surface area (Å²) in [6.45, 7) is -0.302. The Morgan fingerprint density at radius 2 is 1.96 bits per heavy atom. The van der Waals surface area contributed by atoms with Crippen LogP contribution in [0.1, 0.15) is 29.4 Å². The molecule has 0 radical (unpaired) electrons. The molecule has 1 aromatic heterocycles. The van der Waals surface area contributed by atoms with Crippen LogP contribution in [0.5, 0.6) is 0 Å². The van der Waals surface area contributed by atoms with Gasteiger partial charge in [0.15, 0.2) is 6.23 Å². The van der Waals surface area contributed by atoms with Crippen LogP contribution in [0.25, 0.3) is 0 Å². The van der Waals surface area contributed by atoms with Crippen LogP contribution >= 0.6 is 0 Å². The van der Waals surface area contributed by atoms with Crippen molar-refractivity contribution in [3.8, 4) is 0 Å². The van der Waals surface area contributed by atoms with Crippen molar-refractivity contribution >= 4 is 11.7 Å². The third-order valence-electron chi connectivity index (χ3n) is 4.39. The second-order valence-corrected chi connectivity index (χ2v) is 6.29. The molecule has 1 fully saturated rings. The zero-order valence-corrected chi connectivity index (χ0v) is 14.4. The minimum Gasteiger partial charge on any atom is -0.394 e. The molecular formula is C18H21N3O6. The highest BCUT2D eigenvalue weighted by Gasteiger charge is 2.35. The Hall–Kier alpha value is -2.59. The zero-order valence-electron chi connectivity index (χ0n) is 14.4. The molecule has 4 N–H and O–H groups in total. The van der Waals surface area contributed by atoms with E-state index in [0.29, 0.717) is 12.0 Å². The van der Waals surface area contributed by atoms with Crippen molar-refractivity contribution in [2.45, 2.75) is 37.4 Å². The van der Waals surface area contributed by atoms with Gasteiger partial charge in [-0.3, -0.25) is 9.36 Å². The average Bonchev–Trinajstić information content (AvgIpc) is 2.82. The summed E-state index contributed by atoms with van der Waals surface area (Å²) in [5.41, 5.74) is -0.351. The second kappa shape index (κ2) is 8.40. The Morgan fingerprint density at radius 3 is 2.63 bits per heavy atom. The summed E-state index contributed by atoms with van der Waals surface area (Å²) < 4.78 is 6.60. The first-order valence-corrected chi connectivity index (χ1v) is 8.57. The number of benzene rings is 1. The van der Waals surface area contributed by atoms with Gasteiger partial charge in [0.05, 0.1) is 18.8 Å². The van der Waals surface area contributed by atoms with Crippen LogP contribution in [0, 0.1) is 0 Å². The van der Waals surface area contributed by atoms with Crippen molar-refractivity contribution in [1.29, 1.82) is 0 Å². The standard InChI is InChI=1S/C18H21N3O6/c22-10-12-6-7-13(23)15(24)17(27-12)21-9-8-14(20-18(21)26)19-16(25)11-4-2-1-3-5-11/h1-5,8-9,12-13,15,17,22-24H,6-7,10H2,(H,19,20,25,26)/t12-,13+,15+,17+/m0/s1. The number of hydrogen-bond acceptors (Lipinski definition) is 7. The third kappa shape index (κ3) is 4.40. The third-order valence-corrected chi connectivity index (χ3v) is 4.39. The minimum atomic E-state index is -1.36. The van der Waals surface area contributed by atoms with Crippen LogP contribution in [0.3, 0.4) is 0 Å². The van der Waals surface area contributed by atoms with Gasteiger partial charge >= 0.3 is 5.69 Å². The van der Waals surface area contributed by atoms with Crippen LogP contribution < -0.4 is 11.0 Å². The smallest absolute Gasteiger partial charge is 0.351 e. The van der Waals surface area contributed by atoms with Gasteiger partial charge in [-0.05, 0) is 31.0 Å². The quantitative estimate of drug-likeness (QED) is 0.586. The number of carbonyl (C=O) groups excluding carboxylic acids is 1. The molecule has 1 aliphatic heterocycles. The summed E-state index contributed by atoms with van der Waals surface area (Å²) >= 11 is 0. The molecule has 9 nitrogen and oxygen atoms in total. The molecule has 0 aliphatic carbocycles. The van der Waals surface area contributed by atoms with E-state index in [1.165, 1.54) is 12.3 Å². The molecule has 1 saturated heterocycles. The molecule has 2 heterocycles. The maximum atomic E-state index is 12.4. The Balaban J connectivity index is 1.81. The van der Waals surface area contributed by atoms with E-state index in [2.05, 4.69) is 10.3 Å². The Kier molecular flexibility index (Phi) is 5.97. The Morgan fingerprint density at radius 1 is 1.22 bits per heavy atom. The van der Waals surface area contributed by atoms with Gasteiger partial charge in [-0.2, -0.15) is 4.98 Å². The van der Waals surface area contributed by atoms with E-state index in [1.807, 2.05) is 0 Å². The van der Waals surface area contributed by atoms with Crippen LogP contribution in [0.2, 0.25) is 0 Å². The topological polar surface area (TPSA) is 134 Å². The summed E-state index contributed by atoms with van der Waals surface area (Å²) in [7, 11) is 0. The summed E-state index contributed by atoms with van der Waals surface area (Å²) in [6, 6.07) is 9.86. The van der Waals surface area contributed by atoms with E-state index < -0.39 is 36.1 Å². The van der Waals surface area contributed by atoms with Gasteiger partial charge in [0.25, 0.3) is 5.91 Å². The molecule has 1 aromatic carbocycles. The fourth-order valence-electron chi connectivity index (χ4n) is 2.88. The Labute approximate surface area is 154 Å². The fourth-order valence-corrected chi connectivity index (χ4v) is 2.88. The largest absolute Gasteiger partial charge is 0.394 e. The van der Waals surface area contributed by atoms with Gasteiger partial charge in [-0.15, -0.1) is 0 Å². The number of aromatic nitrogens is 2. The number of aliphatic hydroxyl groups is 3. The second-order valence-electron chi connectivity index (χ2n) is 6.29. The lowest BCUT2D eigenvalue weighted by Gasteiger charge is -2.26. The van der Waals surface area contributed by atoms with E-state index in [4.69, 9.17) is 4.74 Å². The van der Waals surface area contributed by atoms with E-state index >= 15 is 0 Å². The normalized spacial score (nSPS) is 25.6. The molecule has 0 spiro atoms. The van der Waals surface area contributed by atoms with Crippen LogP contribution in [0.15, 0.2) is 47.4 Å². The lowest BCUT2D eigenvalue weighted by atomic mass is 10.1. The first kappa shape index (κ1) is 19.2. The van der Waals surface area contributed by atoms with Gasteiger partial charge in [0.2, 0.25) is 0 Å². The number of amides is 1. The predicted octanol–water partition coefficient (Wildman–Crippen LogP) is -0.113. The number of hydrogen-bond donors (Lipinski definition) is 4. The number of anilines is 1. The number of carbonyl (C=O) groups is 1. The van der Waals surface area contributed by atoms with Crippen molar-refractivity contribution < 1.29 is 24.9 Å². The molecule has 2 aromatic rings. The van der Waals surface area contributed by atoms with Gasteiger partial charge in [0.1, 0.15) is 11.9 Å². The Bertz CT molecular complexity index is 840. The van der Waals surface area contributed by atoms with Gasteiger partial charge in [-0.1, -0.05) is 18.2 Å². The number of nitrogens with one attached hydrogen (secondary N) is 1. The highest BCUT2D eigenvalue weighted by molar-refractivity contribution is 6.03. The first-order valence-electron chi connectivity index (χ1n) is 8.57. The minimum absolute atomic E-state index is 0.0486. The van der Waals surface area contributed by atoms with Gasteiger partial charge < -0.3 is 25.4 Å². The van der Waals surface area contributed by atoms with E-state index in [9.17, 15) is 24.9 Å². The highest BCUT2D eigenvalue weighted by atomic mass is 16.5. The molecule has 0 bridgehead atoms. The molecule has 1 aliphatic rings. The van der Waals surface area contributed by atoms with Crippen LogP contribution in [-0.4, -0.2) is 55.7 Å². The summed E-state index contributed by atoms with van der Waals surface area (Å²) in [5, 5.41) is 32.1. The fraction of sp³-hybridized carbons (Fsp3) is 0.389. The van der Waals surface area contributed by atoms with Crippen LogP contribution in [0.4, 0.5) is 5.82 Å². The van der Waals surface area contributed by atoms with Gasteiger partial charge in [-0.25, -0.2) is 4.79 Å². The molecule has 1 amide bonds. The molecular weight excluding hydrogens is 354 g/mol. The molecule has 3 rings (SSSR count). The van der Waals surface area contributed by atoms with E-state index in [0.717, 1.165) is 4.57 Å². The molecule has 27 heavy (non-hydrogen) atoms. The van der Waals surface area contributed by atoms with E-state index in [1.54, 1.807) is 30.3 Å². The molecule has 144 valence electrons. The average molecular weight is 375 g/mol. The lowest BCUT2D eigenvalue weighted by Crippen LogP contribution is -2.40. The number of ether oxygens (including phenoxy) is 1. The van der Waals surface area contributed by atoms with Crippen molar-refractivity contribution in [3.63, 3.8) is 0 Å². The van der Waals surface area contributed by atoms with E-state index in [-0.39, 0.29) is 18.8 Å².